The Morgan fingerprint density at radius 3 is 2.76 bits per heavy atom. The summed E-state index contributed by atoms with van der Waals surface area (Å²) in [6.45, 7) is 6.73. The summed E-state index contributed by atoms with van der Waals surface area (Å²) in [6.07, 6.45) is 4.82. The van der Waals surface area contributed by atoms with Crippen molar-refractivity contribution >= 4 is 17.5 Å². The lowest BCUT2D eigenvalue weighted by Crippen LogP contribution is -2.25. The Bertz CT molecular complexity index is 689. The van der Waals surface area contributed by atoms with Gasteiger partial charge in [-0.1, -0.05) is 31.9 Å². The molecule has 0 bridgehead atoms. The van der Waals surface area contributed by atoms with Crippen LogP contribution in [0.25, 0.3) is 0 Å². The number of nitrogens with one attached hydrogen (secondary N) is 2. The minimum atomic E-state index is -0.187. The monoisotopic (exact) mass is 342 g/mol. The Kier molecular flexibility index (Phi) is 7.19. The van der Waals surface area contributed by atoms with Crippen molar-refractivity contribution in [1.29, 1.82) is 0 Å². The van der Waals surface area contributed by atoms with E-state index < -0.39 is 0 Å². The fraction of sp³-hybridized carbons (Fsp3) is 0.421. The molecule has 0 saturated heterocycles. The van der Waals surface area contributed by atoms with E-state index >= 15 is 0 Å². The lowest BCUT2D eigenvalue weighted by atomic mass is 10.2. The van der Waals surface area contributed by atoms with Crippen molar-refractivity contribution in [3.05, 3.63) is 42.2 Å². The molecule has 2 rings (SSSR count). The smallest absolute Gasteiger partial charge is 0.270 e. The quantitative estimate of drug-likeness (QED) is 0.675. The summed E-state index contributed by atoms with van der Waals surface area (Å²) in [5, 5.41) is 6.00. The van der Waals surface area contributed by atoms with Crippen LogP contribution in [0.5, 0.6) is 5.75 Å². The summed E-state index contributed by atoms with van der Waals surface area (Å²) in [5.74, 6) is 0.893. The van der Waals surface area contributed by atoms with Crippen molar-refractivity contribution in [3.63, 3.8) is 0 Å². The van der Waals surface area contributed by atoms with Crippen LogP contribution in [-0.4, -0.2) is 28.5 Å². The van der Waals surface area contributed by atoms with Crippen molar-refractivity contribution in [2.75, 3.05) is 11.9 Å². The molecule has 0 aliphatic carbocycles. The second kappa shape index (κ2) is 9.61. The van der Waals surface area contributed by atoms with Gasteiger partial charge in [-0.25, -0.2) is 9.97 Å². The number of unbranched alkanes of at least 4 members (excludes halogenated alkanes) is 2. The second-order valence-electron chi connectivity index (χ2n) is 6.02. The van der Waals surface area contributed by atoms with Crippen LogP contribution in [0.4, 0.5) is 11.6 Å². The van der Waals surface area contributed by atoms with E-state index in [4.69, 9.17) is 4.74 Å². The standard InChI is InChI=1S/C19H26N4O2/c1-4-5-8-12-20-18(24)16-11-13-21-19(23-16)22-15-9-6-7-10-17(15)25-14(2)3/h6-7,9-11,13-14H,4-5,8,12H2,1-3H3,(H,20,24)(H,21,22,23). The first kappa shape index (κ1) is 18.7. The van der Waals surface area contributed by atoms with Crippen LogP contribution in [0, 0.1) is 0 Å². The topological polar surface area (TPSA) is 76.1 Å². The predicted molar refractivity (Wildman–Crippen MR) is 99.4 cm³/mol. The highest BCUT2D eigenvalue weighted by molar-refractivity contribution is 5.92. The van der Waals surface area contributed by atoms with Crippen molar-refractivity contribution in [3.8, 4) is 5.75 Å². The number of rotatable bonds is 9. The first-order valence-electron chi connectivity index (χ1n) is 8.74. The Morgan fingerprint density at radius 1 is 1.20 bits per heavy atom. The molecule has 25 heavy (non-hydrogen) atoms. The summed E-state index contributed by atoms with van der Waals surface area (Å²) in [5.41, 5.74) is 1.10. The molecular weight excluding hydrogens is 316 g/mol. The number of nitrogens with zero attached hydrogens (tertiary/aromatic N) is 2. The van der Waals surface area contributed by atoms with E-state index in [0.29, 0.717) is 18.2 Å². The first-order valence-corrected chi connectivity index (χ1v) is 8.74. The van der Waals surface area contributed by atoms with Gasteiger partial charge in [-0.15, -0.1) is 0 Å². The maximum atomic E-state index is 12.2. The molecule has 0 radical (unpaired) electrons. The number of carbonyl (C=O) groups is 1. The molecule has 0 aliphatic heterocycles. The van der Waals surface area contributed by atoms with Gasteiger partial charge in [-0.3, -0.25) is 4.79 Å². The van der Waals surface area contributed by atoms with E-state index in [1.165, 1.54) is 0 Å². The summed E-state index contributed by atoms with van der Waals surface area (Å²) in [7, 11) is 0. The van der Waals surface area contributed by atoms with Crippen molar-refractivity contribution in [1.82, 2.24) is 15.3 Å². The van der Waals surface area contributed by atoms with Crippen LogP contribution < -0.4 is 15.4 Å². The first-order chi connectivity index (χ1) is 12.1. The largest absolute Gasteiger partial charge is 0.489 e. The number of benzene rings is 1. The van der Waals surface area contributed by atoms with Gasteiger partial charge >= 0.3 is 0 Å². The highest BCUT2D eigenvalue weighted by atomic mass is 16.5. The van der Waals surface area contributed by atoms with Crippen molar-refractivity contribution in [2.24, 2.45) is 0 Å². The molecule has 0 aliphatic rings. The van der Waals surface area contributed by atoms with Gasteiger partial charge in [0.15, 0.2) is 0 Å². The molecule has 6 nitrogen and oxygen atoms in total. The number of aromatic nitrogens is 2. The molecule has 0 fully saturated rings. The minimum Gasteiger partial charge on any atom is -0.489 e. The van der Waals surface area contributed by atoms with Gasteiger partial charge in [-0.2, -0.15) is 0 Å². The molecule has 2 N–H and O–H groups in total. The molecule has 1 heterocycles. The van der Waals surface area contributed by atoms with E-state index in [1.807, 2.05) is 38.1 Å². The van der Waals surface area contributed by atoms with Crippen LogP contribution in [-0.2, 0) is 0 Å². The van der Waals surface area contributed by atoms with Crippen LogP contribution in [0.1, 0.15) is 50.5 Å². The number of hydrogen-bond acceptors (Lipinski definition) is 5. The highest BCUT2D eigenvalue weighted by Crippen LogP contribution is 2.26. The zero-order valence-electron chi connectivity index (χ0n) is 15.1. The maximum absolute atomic E-state index is 12.2. The van der Waals surface area contributed by atoms with Crippen LogP contribution in [0.2, 0.25) is 0 Å². The third-order valence-corrected chi connectivity index (χ3v) is 3.45. The van der Waals surface area contributed by atoms with Gasteiger partial charge in [0.05, 0.1) is 11.8 Å². The Balaban J connectivity index is 2.05. The van der Waals surface area contributed by atoms with Gasteiger partial charge in [0.25, 0.3) is 5.91 Å². The molecule has 0 spiro atoms. The number of ether oxygens (including phenoxy) is 1. The van der Waals surface area contributed by atoms with Gasteiger partial charge in [-0.05, 0) is 38.5 Å². The number of para-hydroxylation sites is 2. The molecule has 1 aromatic heterocycles. The van der Waals surface area contributed by atoms with Crippen molar-refractivity contribution in [2.45, 2.75) is 46.1 Å². The fourth-order valence-corrected chi connectivity index (χ4v) is 2.26. The zero-order chi connectivity index (χ0) is 18.1. The average molecular weight is 342 g/mol. The normalized spacial score (nSPS) is 10.6. The molecule has 134 valence electrons. The number of hydrogen-bond donors (Lipinski definition) is 2. The van der Waals surface area contributed by atoms with Crippen LogP contribution in [0.15, 0.2) is 36.5 Å². The van der Waals surface area contributed by atoms with Gasteiger partial charge in [0, 0.05) is 12.7 Å². The third-order valence-electron chi connectivity index (χ3n) is 3.45. The summed E-state index contributed by atoms with van der Waals surface area (Å²) < 4.78 is 5.77. The van der Waals surface area contributed by atoms with Crippen LogP contribution >= 0.6 is 0 Å². The Labute approximate surface area is 149 Å². The van der Waals surface area contributed by atoms with E-state index in [2.05, 4.69) is 27.5 Å². The summed E-state index contributed by atoms with van der Waals surface area (Å²) in [6, 6.07) is 9.19. The number of anilines is 2. The lowest BCUT2D eigenvalue weighted by Gasteiger charge is -2.14. The van der Waals surface area contributed by atoms with E-state index in [9.17, 15) is 4.79 Å². The molecule has 0 atom stereocenters. The SMILES string of the molecule is CCCCCNC(=O)c1ccnc(Nc2ccccc2OC(C)C)n1. The highest BCUT2D eigenvalue weighted by Gasteiger charge is 2.10. The average Bonchev–Trinajstić information content (AvgIpc) is 2.60. The predicted octanol–water partition coefficient (Wildman–Crippen LogP) is 3.93. The summed E-state index contributed by atoms with van der Waals surface area (Å²) in [4.78, 5) is 20.7. The van der Waals surface area contributed by atoms with Crippen molar-refractivity contribution < 1.29 is 9.53 Å². The third kappa shape index (κ3) is 6.06. The zero-order valence-corrected chi connectivity index (χ0v) is 15.1. The summed E-state index contributed by atoms with van der Waals surface area (Å²) >= 11 is 0. The van der Waals surface area contributed by atoms with Crippen LogP contribution in [0.3, 0.4) is 0 Å². The maximum Gasteiger partial charge on any atom is 0.270 e. The van der Waals surface area contributed by atoms with E-state index in [1.54, 1.807) is 12.3 Å². The lowest BCUT2D eigenvalue weighted by molar-refractivity contribution is 0.0948. The minimum absolute atomic E-state index is 0.0594. The molecule has 0 unspecified atom stereocenters. The number of amides is 1. The molecule has 2 aromatic rings. The van der Waals surface area contributed by atoms with Gasteiger partial charge in [0.2, 0.25) is 5.95 Å². The van der Waals surface area contributed by atoms with E-state index in [-0.39, 0.29) is 12.0 Å². The number of carbonyl (C=O) groups excluding carboxylic acids is 1. The fourth-order valence-electron chi connectivity index (χ4n) is 2.26. The molecular formula is C19H26N4O2. The van der Waals surface area contributed by atoms with Gasteiger partial charge < -0.3 is 15.4 Å². The van der Waals surface area contributed by atoms with E-state index in [0.717, 1.165) is 30.7 Å². The molecule has 6 heteroatoms. The van der Waals surface area contributed by atoms with Gasteiger partial charge in [0.1, 0.15) is 11.4 Å². The Hall–Kier alpha value is -2.63. The second-order valence-corrected chi connectivity index (χ2v) is 6.02. The molecule has 1 aromatic carbocycles. The Morgan fingerprint density at radius 2 is 2.00 bits per heavy atom. The molecule has 0 saturated carbocycles. The molecule has 1 amide bonds.